The fourth-order valence-electron chi connectivity index (χ4n) is 4.46. The molecule has 0 radical (unpaired) electrons. The zero-order chi connectivity index (χ0) is 29.5. The monoisotopic (exact) mass is 570 g/mol. The van der Waals surface area contributed by atoms with Crippen LogP contribution in [0.15, 0.2) is 48.1 Å². The molecule has 4 aromatic heterocycles. The van der Waals surface area contributed by atoms with Crippen molar-refractivity contribution in [1.29, 1.82) is 0 Å². The summed E-state index contributed by atoms with van der Waals surface area (Å²) in [6.45, 7) is 3.61. The molecule has 5 rings (SSSR count). The van der Waals surface area contributed by atoms with E-state index in [4.69, 9.17) is 0 Å². The predicted molar refractivity (Wildman–Crippen MR) is 140 cm³/mol. The van der Waals surface area contributed by atoms with Crippen LogP contribution in [-0.4, -0.2) is 64.8 Å². The van der Waals surface area contributed by atoms with Crippen LogP contribution in [0.4, 0.5) is 27.8 Å². The molecule has 0 N–H and O–H groups in total. The highest BCUT2D eigenvalue weighted by atomic mass is 19.4. The van der Waals surface area contributed by atoms with Crippen LogP contribution in [0.1, 0.15) is 36.6 Å². The fraction of sp³-hybridized carbons (Fsp3) is 0.269. The number of nitrogens with zero attached hydrogens (tertiary/aromatic N) is 10. The predicted octanol–water partition coefficient (Wildman–Crippen LogP) is 5.30. The first-order valence-electron chi connectivity index (χ1n) is 12.3. The lowest BCUT2D eigenvalue weighted by molar-refractivity contribution is -0.144. The molecule has 0 aliphatic carbocycles. The maximum absolute atomic E-state index is 14.6. The van der Waals surface area contributed by atoms with Crippen LogP contribution < -0.4 is 0 Å². The van der Waals surface area contributed by atoms with Crippen molar-refractivity contribution in [3.05, 3.63) is 72.0 Å². The molecule has 41 heavy (non-hydrogen) atoms. The van der Waals surface area contributed by atoms with Crippen LogP contribution in [0, 0.1) is 18.6 Å². The summed E-state index contributed by atoms with van der Waals surface area (Å²) < 4.78 is 70.5. The molecule has 0 saturated carbocycles. The average molecular weight is 571 g/mol. The first-order chi connectivity index (χ1) is 19.5. The van der Waals surface area contributed by atoms with Gasteiger partial charge in [-0.15, -0.1) is 5.10 Å². The summed E-state index contributed by atoms with van der Waals surface area (Å²) in [4.78, 5) is 21.9. The smallest absolute Gasteiger partial charge is 0.369 e. The lowest BCUT2D eigenvalue weighted by atomic mass is 10.1. The molecule has 0 spiro atoms. The Bertz CT molecular complexity index is 1740. The van der Waals surface area contributed by atoms with E-state index in [0.29, 0.717) is 40.0 Å². The minimum absolute atomic E-state index is 0.0279. The van der Waals surface area contributed by atoms with Gasteiger partial charge in [0.1, 0.15) is 29.2 Å². The second-order valence-electron chi connectivity index (χ2n) is 9.34. The third kappa shape index (κ3) is 5.21. The van der Waals surface area contributed by atoms with Crippen LogP contribution in [0.3, 0.4) is 0 Å². The maximum atomic E-state index is 14.6. The highest BCUT2D eigenvalue weighted by Gasteiger charge is 2.34. The number of benzene rings is 1. The molecule has 0 amide bonds. The van der Waals surface area contributed by atoms with Crippen LogP contribution in [-0.2, 0) is 6.18 Å². The number of aromatic nitrogens is 8. The van der Waals surface area contributed by atoms with Gasteiger partial charge in [0.25, 0.3) is 0 Å². The zero-order valence-corrected chi connectivity index (χ0v) is 22.3. The minimum atomic E-state index is -4.70. The van der Waals surface area contributed by atoms with E-state index in [1.54, 1.807) is 36.7 Å². The van der Waals surface area contributed by atoms with Gasteiger partial charge in [0.2, 0.25) is 5.82 Å². The van der Waals surface area contributed by atoms with Gasteiger partial charge in [-0.25, -0.2) is 38.4 Å². The molecule has 1 aromatic carbocycles. The van der Waals surface area contributed by atoms with E-state index in [9.17, 15) is 22.0 Å². The van der Waals surface area contributed by atoms with E-state index in [1.165, 1.54) is 23.4 Å². The van der Waals surface area contributed by atoms with E-state index in [-0.39, 0.29) is 11.5 Å². The SMILES string of the molecule is CCC(c1nnn(-c2ccc(F)cc2F)c1C)n1cc(-c2cnc(C(F)(F)F)nc2)c2c(/N=C\N(C)C)ncnc21. The Kier molecular flexibility index (Phi) is 7.19. The van der Waals surface area contributed by atoms with Gasteiger partial charge in [-0.3, -0.25) is 0 Å². The second-order valence-corrected chi connectivity index (χ2v) is 9.34. The molecule has 5 aromatic rings. The van der Waals surface area contributed by atoms with Gasteiger partial charge in [0.15, 0.2) is 11.6 Å². The largest absolute Gasteiger partial charge is 0.451 e. The maximum Gasteiger partial charge on any atom is 0.451 e. The molecular weight excluding hydrogens is 547 g/mol. The van der Waals surface area contributed by atoms with E-state index < -0.39 is 29.7 Å². The number of aliphatic imine (C=N–C) groups is 1. The van der Waals surface area contributed by atoms with Crippen molar-refractivity contribution >= 4 is 23.2 Å². The van der Waals surface area contributed by atoms with Gasteiger partial charge in [0, 0.05) is 49.9 Å². The molecule has 1 atom stereocenters. The molecule has 15 heteroatoms. The minimum Gasteiger partial charge on any atom is -0.369 e. The van der Waals surface area contributed by atoms with Gasteiger partial charge >= 0.3 is 6.18 Å². The van der Waals surface area contributed by atoms with Gasteiger partial charge in [-0.1, -0.05) is 12.1 Å². The standard InChI is InChI=1S/C26H23F5N10/c1-5-19(22-14(2)41(38-37-22)20-7-6-16(27)8-18(20)28)40-11-17(15-9-32-25(33-10-15)26(29,30)31)21-23(36-13-39(3)4)34-12-35-24(21)40/h6-13,19H,5H2,1-4H3/b36-13-. The highest BCUT2D eigenvalue weighted by molar-refractivity contribution is 6.01. The summed E-state index contributed by atoms with van der Waals surface area (Å²) >= 11 is 0. The van der Waals surface area contributed by atoms with E-state index >= 15 is 0 Å². The van der Waals surface area contributed by atoms with Crippen molar-refractivity contribution in [1.82, 2.24) is 44.4 Å². The third-order valence-corrected chi connectivity index (χ3v) is 6.32. The molecule has 0 aliphatic heterocycles. The Labute approximate surface area is 230 Å². The average Bonchev–Trinajstić information content (AvgIpc) is 3.49. The van der Waals surface area contributed by atoms with Gasteiger partial charge in [0.05, 0.1) is 23.5 Å². The number of rotatable bonds is 7. The molecule has 0 fully saturated rings. The summed E-state index contributed by atoms with van der Waals surface area (Å²) in [5, 5.41) is 8.89. The van der Waals surface area contributed by atoms with Crippen molar-refractivity contribution in [2.45, 2.75) is 32.5 Å². The first kappa shape index (κ1) is 27.7. The molecular formula is C26H23F5N10. The number of halogens is 5. The van der Waals surface area contributed by atoms with E-state index in [0.717, 1.165) is 24.5 Å². The Morgan fingerprint density at radius 2 is 1.80 bits per heavy atom. The Balaban J connectivity index is 1.69. The van der Waals surface area contributed by atoms with Crippen molar-refractivity contribution in [2.75, 3.05) is 14.1 Å². The number of alkyl halides is 3. The van der Waals surface area contributed by atoms with Crippen LogP contribution in [0.25, 0.3) is 27.8 Å². The van der Waals surface area contributed by atoms with Crippen LogP contribution in [0.2, 0.25) is 0 Å². The van der Waals surface area contributed by atoms with Crippen molar-refractivity contribution in [2.24, 2.45) is 4.99 Å². The lowest BCUT2D eigenvalue weighted by Crippen LogP contribution is -2.12. The molecule has 4 heterocycles. The molecule has 1 unspecified atom stereocenters. The van der Waals surface area contributed by atoms with Crippen molar-refractivity contribution < 1.29 is 22.0 Å². The topological polar surface area (TPSA) is 103 Å². The zero-order valence-electron chi connectivity index (χ0n) is 22.3. The third-order valence-electron chi connectivity index (χ3n) is 6.32. The molecule has 0 aliphatic rings. The van der Waals surface area contributed by atoms with Crippen LogP contribution in [0.5, 0.6) is 0 Å². The lowest BCUT2D eigenvalue weighted by Gasteiger charge is -2.17. The number of hydrogen-bond acceptors (Lipinski definition) is 7. The van der Waals surface area contributed by atoms with E-state index in [2.05, 4.69) is 35.2 Å². The van der Waals surface area contributed by atoms with Gasteiger partial charge in [-0.05, 0) is 25.5 Å². The summed E-state index contributed by atoms with van der Waals surface area (Å²) in [6, 6.07) is 2.67. The molecule has 0 bridgehead atoms. The van der Waals surface area contributed by atoms with Crippen LogP contribution >= 0.6 is 0 Å². The normalized spacial score (nSPS) is 12.9. The molecule has 0 saturated heterocycles. The quantitative estimate of drug-likeness (QED) is 0.149. The summed E-state index contributed by atoms with van der Waals surface area (Å²) in [5.41, 5.74) is 2.19. The number of hydrogen-bond donors (Lipinski definition) is 0. The van der Waals surface area contributed by atoms with Gasteiger partial charge < -0.3 is 9.47 Å². The highest BCUT2D eigenvalue weighted by Crippen LogP contribution is 2.39. The Morgan fingerprint density at radius 1 is 1.07 bits per heavy atom. The second kappa shape index (κ2) is 10.6. The van der Waals surface area contributed by atoms with Gasteiger partial charge in [-0.2, -0.15) is 13.2 Å². The van der Waals surface area contributed by atoms with E-state index in [1.807, 2.05) is 6.92 Å². The number of fused-ring (bicyclic) bond motifs is 1. The first-order valence-corrected chi connectivity index (χ1v) is 12.3. The van der Waals surface area contributed by atoms with Crippen molar-refractivity contribution in [3.63, 3.8) is 0 Å². The molecule has 212 valence electrons. The summed E-state index contributed by atoms with van der Waals surface area (Å²) in [7, 11) is 3.56. The Hall–Kier alpha value is -4.82. The summed E-state index contributed by atoms with van der Waals surface area (Å²) in [6.07, 6.45) is 2.53. The fourth-order valence-corrected chi connectivity index (χ4v) is 4.46. The Morgan fingerprint density at radius 3 is 2.44 bits per heavy atom. The molecule has 10 nitrogen and oxygen atoms in total. The van der Waals surface area contributed by atoms with Crippen molar-refractivity contribution in [3.8, 4) is 16.8 Å². The summed E-state index contributed by atoms with van der Waals surface area (Å²) in [5.74, 6) is -2.51.